The number of rotatable bonds is 2. The molecule has 0 aliphatic carbocycles. The number of hydrogen-bond acceptors (Lipinski definition) is 6. The van der Waals surface area contributed by atoms with Crippen molar-refractivity contribution in [2.24, 2.45) is 0 Å². The van der Waals surface area contributed by atoms with Gasteiger partial charge in [0.15, 0.2) is 0 Å². The third-order valence-corrected chi connectivity index (χ3v) is 4.13. The summed E-state index contributed by atoms with van der Waals surface area (Å²) in [5, 5.41) is 3.51. The van der Waals surface area contributed by atoms with Crippen molar-refractivity contribution in [2.75, 3.05) is 20.2 Å². The zero-order chi connectivity index (χ0) is 18.8. The average Bonchev–Trinajstić information content (AvgIpc) is 2.51. The molecule has 25 heavy (non-hydrogen) atoms. The van der Waals surface area contributed by atoms with E-state index in [1.165, 1.54) is 12.0 Å². The molecule has 0 saturated carbocycles. The summed E-state index contributed by atoms with van der Waals surface area (Å²) in [6, 6.07) is 2.50. The van der Waals surface area contributed by atoms with Crippen LogP contribution in [0.2, 0.25) is 5.15 Å². The van der Waals surface area contributed by atoms with E-state index in [2.05, 4.69) is 26.2 Å². The van der Waals surface area contributed by atoms with Gasteiger partial charge in [0.1, 0.15) is 21.4 Å². The monoisotopic (exact) mass is 433 g/mol. The smallest absolute Gasteiger partial charge is 0.410 e. The molecule has 1 amide bonds. The van der Waals surface area contributed by atoms with Crippen LogP contribution in [0.5, 0.6) is 0 Å². The van der Waals surface area contributed by atoms with Crippen molar-refractivity contribution in [1.29, 1.82) is 0 Å². The standard InChI is InChI=1S/C16H21BrClN3O4/c1-16(2,3)25-15(23)21-7-10(19-11(8-21)14(22)24-4)9-5-12(17)20-13(18)6-9/h5-6,10-11,19H,7-8H2,1-4H3. The fraction of sp³-hybridized carbons (Fsp3) is 0.562. The molecule has 1 N–H and O–H groups in total. The molecule has 1 saturated heterocycles. The molecular weight excluding hydrogens is 414 g/mol. The SMILES string of the molecule is COC(=O)C1CN(C(=O)OC(C)(C)C)CC(c2cc(Cl)nc(Br)c2)N1. The number of carbonyl (C=O) groups is 2. The summed E-state index contributed by atoms with van der Waals surface area (Å²) < 4.78 is 10.8. The topological polar surface area (TPSA) is 80.8 Å². The summed E-state index contributed by atoms with van der Waals surface area (Å²) >= 11 is 9.32. The Labute approximate surface area is 160 Å². The Balaban J connectivity index is 2.27. The molecule has 1 aliphatic heterocycles. The Morgan fingerprint density at radius 1 is 1.36 bits per heavy atom. The second kappa shape index (κ2) is 7.88. The number of pyridine rings is 1. The minimum atomic E-state index is -0.665. The van der Waals surface area contributed by atoms with Gasteiger partial charge in [0.2, 0.25) is 0 Å². The number of esters is 1. The van der Waals surface area contributed by atoms with E-state index in [1.54, 1.807) is 32.9 Å². The normalized spacial score (nSPS) is 21.0. The molecule has 1 aromatic heterocycles. The van der Waals surface area contributed by atoms with E-state index < -0.39 is 23.7 Å². The summed E-state index contributed by atoms with van der Waals surface area (Å²) in [6.45, 7) is 5.87. The molecular formula is C16H21BrClN3O4. The Bertz CT molecular complexity index is 645. The minimum absolute atomic E-state index is 0.165. The Kier molecular flexibility index (Phi) is 6.29. The second-order valence-corrected chi connectivity index (χ2v) is 7.93. The molecule has 7 nitrogen and oxygen atoms in total. The van der Waals surface area contributed by atoms with E-state index in [-0.39, 0.29) is 12.6 Å². The number of hydrogen-bond donors (Lipinski definition) is 1. The van der Waals surface area contributed by atoms with Gasteiger partial charge in [-0.2, -0.15) is 0 Å². The maximum Gasteiger partial charge on any atom is 0.410 e. The maximum atomic E-state index is 12.5. The third kappa shape index (κ3) is 5.55. The highest BCUT2D eigenvalue weighted by molar-refractivity contribution is 9.10. The van der Waals surface area contributed by atoms with Gasteiger partial charge in [0.05, 0.1) is 19.7 Å². The van der Waals surface area contributed by atoms with Gasteiger partial charge in [0.25, 0.3) is 0 Å². The Morgan fingerprint density at radius 3 is 2.60 bits per heavy atom. The number of nitrogens with zero attached hydrogens (tertiary/aromatic N) is 2. The summed E-state index contributed by atoms with van der Waals surface area (Å²) in [5.74, 6) is -0.447. The maximum absolute atomic E-state index is 12.5. The Hall–Kier alpha value is -1.38. The van der Waals surface area contributed by atoms with Gasteiger partial charge in [0, 0.05) is 6.54 Å². The number of aromatic nitrogens is 1. The van der Waals surface area contributed by atoms with E-state index in [0.29, 0.717) is 16.3 Å². The largest absolute Gasteiger partial charge is 0.468 e. The molecule has 1 fully saturated rings. The molecule has 9 heteroatoms. The van der Waals surface area contributed by atoms with Crippen molar-refractivity contribution in [3.05, 3.63) is 27.5 Å². The van der Waals surface area contributed by atoms with E-state index in [0.717, 1.165) is 5.56 Å². The van der Waals surface area contributed by atoms with Crippen LogP contribution in [0.15, 0.2) is 16.7 Å². The van der Waals surface area contributed by atoms with Crippen LogP contribution < -0.4 is 5.32 Å². The zero-order valence-electron chi connectivity index (χ0n) is 14.5. The van der Waals surface area contributed by atoms with Crippen molar-refractivity contribution in [3.8, 4) is 0 Å². The molecule has 138 valence electrons. The third-order valence-electron chi connectivity index (χ3n) is 3.53. The van der Waals surface area contributed by atoms with Crippen molar-refractivity contribution in [3.63, 3.8) is 0 Å². The van der Waals surface area contributed by atoms with E-state index in [4.69, 9.17) is 21.1 Å². The first-order valence-electron chi connectivity index (χ1n) is 7.74. The van der Waals surface area contributed by atoms with Crippen LogP contribution in [-0.4, -0.2) is 53.8 Å². The van der Waals surface area contributed by atoms with E-state index >= 15 is 0 Å². The number of ether oxygens (including phenoxy) is 2. The lowest BCUT2D eigenvalue weighted by Gasteiger charge is -2.38. The molecule has 0 aromatic carbocycles. The number of amides is 1. The van der Waals surface area contributed by atoms with Crippen molar-refractivity contribution >= 4 is 39.6 Å². The zero-order valence-corrected chi connectivity index (χ0v) is 16.8. The van der Waals surface area contributed by atoms with Crippen molar-refractivity contribution in [2.45, 2.75) is 38.5 Å². The number of nitrogens with one attached hydrogen (secondary N) is 1. The van der Waals surface area contributed by atoms with Crippen LogP contribution in [0.1, 0.15) is 32.4 Å². The van der Waals surface area contributed by atoms with Gasteiger partial charge in [-0.05, 0) is 54.4 Å². The van der Waals surface area contributed by atoms with E-state index in [1.807, 2.05) is 0 Å². The molecule has 2 rings (SSSR count). The lowest BCUT2D eigenvalue weighted by atomic mass is 10.0. The number of halogens is 2. The second-order valence-electron chi connectivity index (χ2n) is 6.73. The van der Waals surface area contributed by atoms with Crippen LogP contribution in [0, 0.1) is 0 Å². The van der Waals surface area contributed by atoms with Crippen LogP contribution in [0.25, 0.3) is 0 Å². The molecule has 1 aliphatic rings. The van der Waals surface area contributed by atoms with Crippen LogP contribution in [-0.2, 0) is 14.3 Å². The van der Waals surface area contributed by atoms with E-state index in [9.17, 15) is 9.59 Å². The summed E-state index contributed by atoms with van der Waals surface area (Å²) in [6.07, 6.45) is -0.480. The van der Waals surface area contributed by atoms with Crippen molar-refractivity contribution < 1.29 is 19.1 Å². The van der Waals surface area contributed by atoms with Gasteiger partial charge in [-0.3, -0.25) is 10.1 Å². The number of carbonyl (C=O) groups excluding carboxylic acids is 2. The van der Waals surface area contributed by atoms with Crippen molar-refractivity contribution in [1.82, 2.24) is 15.2 Å². The predicted molar refractivity (Wildman–Crippen MR) is 96.4 cm³/mol. The van der Waals surface area contributed by atoms with Crippen LogP contribution in [0.3, 0.4) is 0 Å². The summed E-state index contributed by atoms with van der Waals surface area (Å²) in [4.78, 5) is 30.0. The quantitative estimate of drug-likeness (QED) is 0.569. The summed E-state index contributed by atoms with van der Waals surface area (Å²) in [7, 11) is 1.31. The lowest BCUT2D eigenvalue weighted by molar-refractivity contribution is -0.144. The lowest BCUT2D eigenvalue weighted by Crippen LogP contribution is -2.57. The molecule has 1 aromatic rings. The molecule has 0 radical (unpaired) electrons. The predicted octanol–water partition coefficient (Wildman–Crippen LogP) is 2.92. The molecule has 2 heterocycles. The van der Waals surface area contributed by atoms with Crippen LogP contribution in [0.4, 0.5) is 4.79 Å². The molecule has 0 spiro atoms. The van der Waals surface area contributed by atoms with Crippen LogP contribution >= 0.6 is 27.5 Å². The van der Waals surface area contributed by atoms with Gasteiger partial charge >= 0.3 is 12.1 Å². The first-order valence-corrected chi connectivity index (χ1v) is 8.91. The Morgan fingerprint density at radius 2 is 2.04 bits per heavy atom. The van der Waals surface area contributed by atoms with Gasteiger partial charge < -0.3 is 14.4 Å². The fourth-order valence-electron chi connectivity index (χ4n) is 2.51. The first-order chi connectivity index (χ1) is 11.6. The van der Waals surface area contributed by atoms with Gasteiger partial charge in [-0.25, -0.2) is 9.78 Å². The molecule has 0 bridgehead atoms. The summed E-state index contributed by atoms with van der Waals surface area (Å²) in [5.41, 5.74) is 0.176. The fourth-order valence-corrected chi connectivity index (χ4v) is 3.28. The number of piperazine rings is 1. The highest BCUT2D eigenvalue weighted by Gasteiger charge is 2.36. The molecule has 2 unspecified atom stereocenters. The van der Waals surface area contributed by atoms with Gasteiger partial charge in [-0.15, -0.1) is 0 Å². The highest BCUT2D eigenvalue weighted by Crippen LogP contribution is 2.25. The van der Waals surface area contributed by atoms with Gasteiger partial charge in [-0.1, -0.05) is 11.6 Å². The minimum Gasteiger partial charge on any atom is -0.468 e. The highest BCUT2D eigenvalue weighted by atomic mass is 79.9. The average molecular weight is 435 g/mol. The number of methoxy groups -OCH3 is 1. The first kappa shape index (κ1) is 19.9. The molecule has 2 atom stereocenters.